The third-order valence-electron chi connectivity index (χ3n) is 3.63. The van der Waals surface area contributed by atoms with Crippen molar-refractivity contribution in [2.45, 2.75) is 0 Å². The standard InChI is InChI=1S/C14H14N8O3/c15-8-10(14-17-19-20-18-14)9-16-12-7-11(1-2-13(12)22(23)24)21-3-5-25-6-4-21/h1-2,7,9,16H,3-6H2,(H,17,18,19,20). The molecule has 0 amide bonds. The van der Waals surface area contributed by atoms with Gasteiger partial charge in [-0.25, -0.2) is 0 Å². The highest BCUT2D eigenvalue weighted by Gasteiger charge is 2.18. The Kier molecular flexibility index (Phi) is 4.82. The van der Waals surface area contributed by atoms with Crippen molar-refractivity contribution in [3.63, 3.8) is 0 Å². The minimum Gasteiger partial charge on any atom is -0.378 e. The van der Waals surface area contributed by atoms with E-state index >= 15 is 0 Å². The van der Waals surface area contributed by atoms with Crippen LogP contribution in [0, 0.1) is 21.4 Å². The summed E-state index contributed by atoms with van der Waals surface area (Å²) in [5, 5.41) is 36.3. The van der Waals surface area contributed by atoms with E-state index in [0.717, 1.165) is 5.69 Å². The zero-order valence-corrected chi connectivity index (χ0v) is 13.0. The maximum atomic E-state index is 11.3. The largest absolute Gasteiger partial charge is 0.378 e. The molecule has 0 radical (unpaired) electrons. The zero-order valence-electron chi connectivity index (χ0n) is 13.0. The number of nitriles is 1. The quantitative estimate of drug-likeness (QED) is 0.460. The van der Waals surface area contributed by atoms with Crippen molar-refractivity contribution in [3.8, 4) is 6.07 Å². The smallest absolute Gasteiger partial charge is 0.292 e. The summed E-state index contributed by atoms with van der Waals surface area (Å²) in [7, 11) is 0. The Labute approximate surface area is 142 Å². The van der Waals surface area contributed by atoms with E-state index in [9.17, 15) is 15.4 Å². The molecule has 2 N–H and O–H groups in total. The van der Waals surface area contributed by atoms with Crippen LogP contribution in [0.3, 0.4) is 0 Å². The maximum absolute atomic E-state index is 11.3. The number of nitro groups is 1. The second kappa shape index (κ2) is 7.37. The van der Waals surface area contributed by atoms with Gasteiger partial charge in [-0.3, -0.25) is 10.1 Å². The van der Waals surface area contributed by atoms with Crippen LogP contribution in [0.15, 0.2) is 24.4 Å². The van der Waals surface area contributed by atoms with Crippen LogP contribution >= 0.6 is 0 Å². The highest BCUT2D eigenvalue weighted by molar-refractivity contribution is 5.77. The van der Waals surface area contributed by atoms with Crippen LogP contribution in [0.2, 0.25) is 0 Å². The Morgan fingerprint density at radius 2 is 2.28 bits per heavy atom. The first kappa shape index (κ1) is 16.3. The fourth-order valence-corrected chi connectivity index (χ4v) is 2.39. The summed E-state index contributed by atoms with van der Waals surface area (Å²) in [6, 6.07) is 6.72. The number of ether oxygens (including phenoxy) is 1. The number of anilines is 2. The van der Waals surface area contributed by atoms with Crippen LogP contribution in [0.25, 0.3) is 5.57 Å². The molecular weight excluding hydrogens is 328 g/mol. The molecule has 0 bridgehead atoms. The average Bonchev–Trinajstić information content (AvgIpc) is 3.17. The van der Waals surface area contributed by atoms with Crippen molar-refractivity contribution in [3.05, 3.63) is 40.3 Å². The summed E-state index contributed by atoms with van der Waals surface area (Å²) in [4.78, 5) is 12.8. The summed E-state index contributed by atoms with van der Waals surface area (Å²) in [5.41, 5.74) is 1.10. The number of nitro benzene ring substituents is 1. The van der Waals surface area contributed by atoms with Gasteiger partial charge < -0.3 is 15.0 Å². The molecule has 0 saturated carbocycles. The fraction of sp³-hybridized carbons (Fsp3) is 0.286. The van der Waals surface area contributed by atoms with Crippen molar-refractivity contribution >= 4 is 22.6 Å². The summed E-state index contributed by atoms with van der Waals surface area (Å²) in [6.07, 6.45) is 1.32. The zero-order chi connectivity index (χ0) is 17.6. The number of tetrazole rings is 1. The van der Waals surface area contributed by atoms with Crippen LogP contribution in [-0.2, 0) is 4.74 Å². The van der Waals surface area contributed by atoms with Crippen LogP contribution in [0.4, 0.5) is 17.1 Å². The first-order valence-corrected chi connectivity index (χ1v) is 7.41. The number of morpholine rings is 1. The van der Waals surface area contributed by atoms with E-state index in [4.69, 9.17) is 4.74 Å². The van der Waals surface area contributed by atoms with Gasteiger partial charge in [-0.05, 0) is 17.3 Å². The molecule has 1 aromatic carbocycles. The lowest BCUT2D eigenvalue weighted by atomic mass is 10.2. The maximum Gasteiger partial charge on any atom is 0.292 e. The molecule has 2 aromatic rings. The van der Waals surface area contributed by atoms with E-state index in [1.54, 1.807) is 12.1 Å². The Bertz CT molecular complexity index is 821. The molecular formula is C14H14N8O3. The number of H-pyrrole nitrogens is 1. The van der Waals surface area contributed by atoms with Crippen LogP contribution < -0.4 is 10.2 Å². The third-order valence-corrected chi connectivity index (χ3v) is 3.63. The number of aromatic amines is 1. The lowest BCUT2D eigenvalue weighted by molar-refractivity contribution is -0.383. The van der Waals surface area contributed by atoms with Gasteiger partial charge in [0.05, 0.1) is 18.1 Å². The molecule has 3 rings (SSSR count). The normalized spacial score (nSPS) is 14.8. The van der Waals surface area contributed by atoms with E-state index in [1.165, 1.54) is 12.3 Å². The Balaban J connectivity index is 1.89. The van der Waals surface area contributed by atoms with Crippen molar-refractivity contribution in [2.24, 2.45) is 0 Å². The number of hydrogen-bond donors (Lipinski definition) is 2. The molecule has 1 fully saturated rings. The van der Waals surface area contributed by atoms with Gasteiger partial charge in [0.15, 0.2) is 0 Å². The SMILES string of the molecule is N#CC(=CNc1cc(N2CCOCC2)ccc1[N+](=O)[O-])c1nn[nH]n1. The number of hydrogen-bond acceptors (Lipinski definition) is 9. The van der Waals surface area contributed by atoms with Crippen molar-refractivity contribution < 1.29 is 9.66 Å². The lowest BCUT2D eigenvalue weighted by Gasteiger charge is -2.29. The van der Waals surface area contributed by atoms with Gasteiger partial charge in [0.25, 0.3) is 5.69 Å². The highest BCUT2D eigenvalue weighted by atomic mass is 16.6. The van der Waals surface area contributed by atoms with Gasteiger partial charge in [0.2, 0.25) is 5.82 Å². The van der Waals surface area contributed by atoms with Gasteiger partial charge in [-0.15, -0.1) is 10.2 Å². The van der Waals surface area contributed by atoms with Gasteiger partial charge in [0, 0.05) is 31.0 Å². The van der Waals surface area contributed by atoms with Crippen LogP contribution in [0.1, 0.15) is 5.82 Å². The average molecular weight is 342 g/mol. The van der Waals surface area contributed by atoms with E-state index in [0.29, 0.717) is 26.3 Å². The summed E-state index contributed by atoms with van der Waals surface area (Å²) >= 11 is 0. The number of nitrogens with zero attached hydrogens (tertiary/aromatic N) is 6. The number of allylic oxidation sites excluding steroid dienone is 1. The number of nitrogens with one attached hydrogen (secondary N) is 2. The number of aromatic nitrogens is 4. The predicted molar refractivity (Wildman–Crippen MR) is 87.5 cm³/mol. The van der Waals surface area contributed by atoms with Gasteiger partial charge in [0.1, 0.15) is 17.3 Å². The molecule has 128 valence electrons. The summed E-state index contributed by atoms with van der Waals surface area (Å²) < 4.78 is 5.31. The van der Waals surface area contributed by atoms with Gasteiger partial charge in [-0.2, -0.15) is 10.5 Å². The molecule has 0 atom stereocenters. The minimum atomic E-state index is -0.486. The molecule has 1 aliphatic heterocycles. The lowest BCUT2D eigenvalue weighted by Crippen LogP contribution is -2.36. The molecule has 0 aliphatic carbocycles. The molecule has 1 saturated heterocycles. The second-order valence-corrected chi connectivity index (χ2v) is 5.11. The summed E-state index contributed by atoms with van der Waals surface area (Å²) in [6.45, 7) is 2.63. The van der Waals surface area contributed by atoms with Crippen molar-refractivity contribution in [1.29, 1.82) is 5.26 Å². The number of benzene rings is 1. The van der Waals surface area contributed by atoms with E-state index < -0.39 is 4.92 Å². The molecule has 11 nitrogen and oxygen atoms in total. The second-order valence-electron chi connectivity index (χ2n) is 5.11. The van der Waals surface area contributed by atoms with Crippen molar-refractivity contribution in [2.75, 3.05) is 36.5 Å². The molecule has 0 unspecified atom stereocenters. The molecule has 25 heavy (non-hydrogen) atoms. The third kappa shape index (κ3) is 3.70. The van der Waals surface area contributed by atoms with Crippen molar-refractivity contribution in [1.82, 2.24) is 20.6 Å². The van der Waals surface area contributed by atoms with E-state index in [1.807, 2.05) is 6.07 Å². The monoisotopic (exact) mass is 342 g/mol. The molecule has 11 heteroatoms. The predicted octanol–water partition coefficient (Wildman–Crippen LogP) is 0.921. The molecule has 1 aliphatic rings. The molecule has 0 spiro atoms. The molecule has 1 aromatic heterocycles. The molecule has 2 heterocycles. The van der Waals surface area contributed by atoms with Gasteiger partial charge in [-0.1, -0.05) is 0 Å². The first-order chi connectivity index (χ1) is 12.2. The van der Waals surface area contributed by atoms with Crippen LogP contribution in [0.5, 0.6) is 0 Å². The highest BCUT2D eigenvalue weighted by Crippen LogP contribution is 2.30. The van der Waals surface area contributed by atoms with E-state index in [2.05, 4.69) is 30.8 Å². The van der Waals surface area contributed by atoms with E-state index in [-0.39, 0.29) is 22.8 Å². The Morgan fingerprint density at radius 3 is 2.92 bits per heavy atom. The Morgan fingerprint density at radius 1 is 1.48 bits per heavy atom. The summed E-state index contributed by atoms with van der Waals surface area (Å²) in [5.74, 6) is 0.0991. The topological polar surface area (TPSA) is 146 Å². The Hall–Kier alpha value is -3.52. The fourth-order valence-electron chi connectivity index (χ4n) is 2.39. The number of rotatable bonds is 5. The van der Waals surface area contributed by atoms with Crippen LogP contribution in [-0.4, -0.2) is 51.9 Å². The van der Waals surface area contributed by atoms with Gasteiger partial charge >= 0.3 is 0 Å². The minimum absolute atomic E-state index is 0.0971. The first-order valence-electron chi connectivity index (χ1n) is 7.41.